The van der Waals surface area contributed by atoms with Crippen LogP contribution in [0.4, 0.5) is 4.79 Å². The first kappa shape index (κ1) is 21.4. The molecule has 6 nitrogen and oxygen atoms in total. The predicted molar refractivity (Wildman–Crippen MR) is 128 cm³/mol. The van der Waals surface area contributed by atoms with E-state index in [0.717, 1.165) is 27.0 Å². The fraction of sp³-hybridized carbons (Fsp3) is 0.160. The zero-order chi connectivity index (χ0) is 22.9. The number of carbonyl (C=O) groups excluding carboxylic acids is 1. The molecule has 33 heavy (non-hydrogen) atoms. The van der Waals surface area contributed by atoms with Crippen molar-refractivity contribution in [3.05, 3.63) is 87.9 Å². The summed E-state index contributed by atoms with van der Waals surface area (Å²) in [6.45, 7) is 0.117. The number of hydrogen-bond donors (Lipinski definition) is 2. The first-order chi connectivity index (χ1) is 16.0. The highest BCUT2D eigenvalue weighted by Gasteiger charge is 2.30. The number of benzene rings is 3. The van der Waals surface area contributed by atoms with Gasteiger partial charge in [-0.15, -0.1) is 11.3 Å². The minimum Gasteiger partial charge on any atom is -0.480 e. The van der Waals surface area contributed by atoms with Crippen LogP contribution < -0.4 is 5.32 Å². The van der Waals surface area contributed by atoms with E-state index in [0.29, 0.717) is 15.5 Å². The second kappa shape index (κ2) is 8.84. The summed E-state index contributed by atoms with van der Waals surface area (Å²) < 4.78 is 6.39. The first-order valence-corrected chi connectivity index (χ1v) is 11.6. The molecule has 0 fully saturated rings. The van der Waals surface area contributed by atoms with Gasteiger partial charge in [-0.2, -0.15) is 0 Å². The number of carbonyl (C=O) groups is 2. The van der Waals surface area contributed by atoms with E-state index in [2.05, 4.69) is 22.4 Å². The van der Waals surface area contributed by atoms with E-state index in [9.17, 15) is 14.7 Å². The SMILES string of the molecule is O=C(NC(Cc1nc2cc(Cl)ccc2s1)C(=O)O)OCC1c2ccccc2-c2ccccc21. The number of thiazole rings is 1. The zero-order valence-electron chi connectivity index (χ0n) is 17.3. The van der Waals surface area contributed by atoms with Gasteiger partial charge < -0.3 is 15.2 Å². The van der Waals surface area contributed by atoms with Gasteiger partial charge in [0.15, 0.2) is 0 Å². The fourth-order valence-corrected chi connectivity index (χ4v) is 5.35. The fourth-order valence-electron chi connectivity index (χ4n) is 4.19. The number of hydrogen-bond acceptors (Lipinski definition) is 5. The Morgan fingerprint density at radius 1 is 1.06 bits per heavy atom. The van der Waals surface area contributed by atoms with Crippen LogP contribution in [0.3, 0.4) is 0 Å². The number of nitrogens with one attached hydrogen (secondary N) is 1. The molecule has 8 heteroatoms. The van der Waals surface area contributed by atoms with Crippen LogP contribution in [0.1, 0.15) is 22.1 Å². The van der Waals surface area contributed by atoms with Crippen LogP contribution in [-0.4, -0.2) is 34.8 Å². The molecule has 1 amide bonds. The lowest BCUT2D eigenvalue weighted by molar-refractivity contribution is -0.139. The lowest BCUT2D eigenvalue weighted by atomic mass is 9.98. The van der Waals surface area contributed by atoms with E-state index in [4.69, 9.17) is 16.3 Å². The minimum atomic E-state index is -1.16. The van der Waals surface area contributed by atoms with Crippen molar-refractivity contribution in [3.8, 4) is 11.1 Å². The number of nitrogens with zero attached hydrogens (tertiary/aromatic N) is 1. The smallest absolute Gasteiger partial charge is 0.407 e. The van der Waals surface area contributed by atoms with Crippen LogP contribution in [0.2, 0.25) is 5.02 Å². The molecule has 5 rings (SSSR count). The second-order valence-corrected chi connectivity index (χ2v) is 9.34. The molecule has 0 bridgehead atoms. The van der Waals surface area contributed by atoms with Crippen LogP contribution in [0.15, 0.2) is 66.7 Å². The Bertz CT molecular complexity index is 1320. The molecule has 0 saturated carbocycles. The Morgan fingerprint density at radius 3 is 2.39 bits per heavy atom. The lowest BCUT2D eigenvalue weighted by Gasteiger charge is -2.17. The molecule has 166 valence electrons. The summed E-state index contributed by atoms with van der Waals surface area (Å²) in [6.07, 6.45) is -0.718. The molecule has 0 aliphatic heterocycles. The number of alkyl carbamates (subject to hydrolysis) is 1. The number of ether oxygens (including phenoxy) is 1. The van der Waals surface area contributed by atoms with E-state index in [1.54, 1.807) is 12.1 Å². The molecule has 1 aliphatic rings. The van der Waals surface area contributed by atoms with E-state index in [1.807, 2.05) is 42.5 Å². The summed E-state index contributed by atoms with van der Waals surface area (Å²) in [5, 5.41) is 13.3. The van der Waals surface area contributed by atoms with Crippen LogP contribution >= 0.6 is 22.9 Å². The first-order valence-electron chi connectivity index (χ1n) is 10.4. The molecule has 1 aromatic heterocycles. The zero-order valence-corrected chi connectivity index (χ0v) is 18.9. The highest BCUT2D eigenvalue weighted by Crippen LogP contribution is 2.44. The van der Waals surface area contributed by atoms with Crippen LogP contribution in [0, 0.1) is 0 Å². The van der Waals surface area contributed by atoms with Gasteiger partial charge in [0.2, 0.25) is 0 Å². The van der Waals surface area contributed by atoms with E-state index < -0.39 is 18.1 Å². The van der Waals surface area contributed by atoms with Gasteiger partial charge in [-0.1, -0.05) is 60.1 Å². The largest absolute Gasteiger partial charge is 0.480 e. The van der Waals surface area contributed by atoms with Crippen molar-refractivity contribution in [2.45, 2.75) is 18.4 Å². The third-order valence-corrected chi connectivity index (χ3v) is 7.00. The molecule has 4 aromatic rings. The summed E-state index contributed by atoms with van der Waals surface area (Å²) in [7, 11) is 0. The van der Waals surface area contributed by atoms with Crippen molar-refractivity contribution in [1.82, 2.24) is 10.3 Å². The maximum absolute atomic E-state index is 12.5. The van der Waals surface area contributed by atoms with Crippen molar-refractivity contribution < 1.29 is 19.4 Å². The van der Waals surface area contributed by atoms with Crippen molar-refractivity contribution in [2.75, 3.05) is 6.61 Å². The summed E-state index contributed by atoms with van der Waals surface area (Å²) in [5.41, 5.74) is 5.14. The third kappa shape index (κ3) is 4.29. The predicted octanol–water partition coefficient (Wildman–Crippen LogP) is 5.48. The van der Waals surface area contributed by atoms with E-state index in [-0.39, 0.29) is 18.9 Å². The van der Waals surface area contributed by atoms with Gasteiger partial charge in [-0.05, 0) is 40.5 Å². The Morgan fingerprint density at radius 2 is 1.73 bits per heavy atom. The Balaban J connectivity index is 1.27. The Labute approximate surface area is 198 Å². The summed E-state index contributed by atoms with van der Waals surface area (Å²) >= 11 is 7.37. The number of carboxylic acids is 1. The number of halogens is 1. The van der Waals surface area contributed by atoms with Gasteiger partial charge >= 0.3 is 12.1 Å². The molecule has 0 radical (unpaired) electrons. The van der Waals surface area contributed by atoms with Gasteiger partial charge in [-0.25, -0.2) is 14.6 Å². The summed E-state index contributed by atoms with van der Waals surface area (Å²) in [5.74, 6) is -1.25. The number of aliphatic carboxylic acids is 1. The maximum atomic E-state index is 12.5. The molecule has 1 aliphatic carbocycles. The average molecular weight is 479 g/mol. The third-order valence-electron chi connectivity index (χ3n) is 5.71. The molecule has 2 N–H and O–H groups in total. The molecule has 1 unspecified atom stereocenters. The molecule has 0 spiro atoms. The van der Waals surface area contributed by atoms with Crippen LogP contribution in [-0.2, 0) is 16.0 Å². The van der Waals surface area contributed by atoms with Gasteiger partial charge in [0, 0.05) is 17.4 Å². The maximum Gasteiger partial charge on any atom is 0.407 e. The Hall–Kier alpha value is -3.42. The number of rotatable bonds is 6. The highest BCUT2D eigenvalue weighted by atomic mass is 35.5. The minimum absolute atomic E-state index is 0.0521. The van der Waals surface area contributed by atoms with E-state index in [1.165, 1.54) is 11.3 Å². The second-order valence-electron chi connectivity index (χ2n) is 7.78. The molecule has 1 atom stereocenters. The average Bonchev–Trinajstić information content (AvgIpc) is 3.35. The monoisotopic (exact) mass is 478 g/mol. The molecular weight excluding hydrogens is 460 g/mol. The molecule has 3 aromatic carbocycles. The van der Waals surface area contributed by atoms with Crippen molar-refractivity contribution in [2.24, 2.45) is 0 Å². The van der Waals surface area contributed by atoms with Gasteiger partial charge in [0.1, 0.15) is 12.6 Å². The van der Waals surface area contributed by atoms with Gasteiger partial charge in [-0.3, -0.25) is 0 Å². The lowest BCUT2D eigenvalue weighted by Crippen LogP contribution is -2.42. The number of aromatic nitrogens is 1. The normalized spacial score (nSPS) is 13.4. The van der Waals surface area contributed by atoms with Crippen molar-refractivity contribution in [3.63, 3.8) is 0 Å². The summed E-state index contributed by atoms with van der Waals surface area (Å²) in [4.78, 5) is 28.7. The van der Waals surface area contributed by atoms with Crippen LogP contribution in [0.25, 0.3) is 21.3 Å². The molecule has 0 saturated heterocycles. The van der Waals surface area contributed by atoms with Crippen LogP contribution in [0.5, 0.6) is 0 Å². The highest BCUT2D eigenvalue weighted by molar-refractivity contribution is 7.18. The quantitative estimate of drug-likeness (QED) is 0.383. The number of fused-ring (bicyclic) bond motifs is 4. The van der Waals surface area contributed by atoms with Gasteiger partial charge in [0.25, 0.3) is 0 Å². The number of carboxylic acid groups (broad SMARTS) is 1. The Kier molecular flexibility index (Phi) is 5.74. The standard InChI is InChI=1S/C25H19ClN2O4S/c26-14-9-10-22-20(11-14)27-23(33-22)12-21(24(29)30)28-25(31)32-13-19-17-7-3-1-5-15(17)16-6-2-4-8-18(16)19/h1-11,19,21H,12-13H2,(H,28,31)(H,29,30). The molecular formula is C25H19ClN2O4S. The van der Waals surface area contributed by atoms with Crippen molar-refractivity contribution >= 4 is 45.2 Å². The molecule has 1 heterocycles. The summed E-state index contributed by atoms with van der Waals surface area (Å²) in [6, 6.07) is 20.2. The van der Waals surface area contributed by atoms with Gasteiger partial charge in [0.05, 0.1) is 15.2 Å². The van der Waals surface area contributed by atoms with E-state index >= 15 is 0 Å². The topological polar surface area (TPSA) is 88.5 Å². The van der Waals surface area contributed by atoms with Crippen molar-refractivity contribution in [1.29, 1.82) is 0 Å². The number of amides is 1.